The third-order valence-electron chi connectivity index (χ3n) is 4.14. The van der Waals surface area contributed by atoms with E-state index in [0.717, 1.165) is 26.3 Å². The van der Waals surface area contributed by atoms with Gasteiger partial charge in [-0.25, -0.2) is 0 Å². The Morgan fingerprint density at radius 1 is 1.11 bits per heavy atom. The van der Waals surface area contributed by atoms with Crippen molar-refractivity contribution in [3.8, 4) is 0 Å². The molecule has 0 unspecified atom stereocenters. The topological polar surface area (TPSA) is 24.5 Å². The first-order valence-electron chi connectivity index (χ1n) is 7.53. The van der Waals surface area contributed by atoms with Crippen LogP contribution in [0.1, 0.15) is 36.0 Å². The van der Waals surface area contributed by atoms with Crippen LogP contribution in [0.25, 0.3) is 0 Å². The molecule has 1 N–H and O–H groups in total. The molecule has 2 aliphatic rings. The molecule has 104 valence electrons. The maximum Gasteiger partial charge on any atom is 0.0725 e. The van der Waals surface area contributed by atoms with Crippen molar-refractivity contribution in [2.75, 3.05) is 26.2 Å². The van der Waals surface area contributed by atoms with Crippen LogP contribution >= 0.6 is 0 Å². The molecule has 0 radical (unpaired) electrons. The normalized spacial score (nSPS) is 18.9. The van der Waals surface area contributed by atoms with E-state index < -0.39 is 0 Å². The van der Waals surface area contributed by atoms with Gasteiger partial charge in [0.05, 0.1) is 13.2 Å². The maximum atomic E-state index is 5.44. The number of hydrogen-bond acceptors (Lipinski definition) is 3. The summed E-state index contributed by atoms with van der Waals surface area (Å²) in [6, 6.07) is 6.72. The van der Waals surface area contributed by atoms with E-state index in [1.165, 1.54) is 55.6 Å². The number of hydrogen-bond donors (Lipinski definition) is 1. The van der Waals surface area contributed by atoms with Gasteiger partial charge in [0.15, 0.2) is 0 Å². The predicted octanol–water partition coefficient (Wildman–Crippen LogP) is 2.29. The summed E-state index contributed by atoms with van der Waals surface area (Å²) in [6.45, 7) is 7.55. The number of ether oxygens (including phenoxy) is 1. The van der Waals surface area contributed by atoms with Gasteiger partial charge in [0.1, 0.15) is 0 Å². The summed E-state index contributed by atoms with van der Waals surface area (Å²) in [6.07, 6.45) is 4.04. The van der Waals surface area contributed by atoms with Crippen LogP contribution in [0.3, 0.4) is 0 Å². The van der Waals surface area contributed by atoms with Gasteiger partial charge in [0, 0.05) is 6.54 Å². The highest BCUT2D eigenvalue weighted by Gasteiger charge is 2.11. The van der Waals surface area contributed by atoms with Crippen molar-refractivity contribution in [2.45, 2.75) is 39.0 Å². The molecule has 0 spiro atoms. The number of likely N-dealkylation sites (tertiary alicyclic amines) is 1. The SMILES string of the molecule is c1cc2c(cc1CNCCCN1CCCC1)COC2. The Balaban J connectivity index is 1.35. The molecule has 2 heterocycles. The largest absolute Gasteiger partial charge is 0.372 e. The fraction of sp³-hybridized carbons (Fsp3) is 0.625. The highest BCUT2D eigenvalue weighted by Crippen LogP contribution is 2.20. The number of nitrogens with one attached hydrogen (secondary N) is 1. The molecule has 0 saturated carbocycles. The van der Waals surface area contributed by atoms with Gasteiger partial charge < -0.3 is 15.0 Å². The second-order valence-corrected chi connectivity index (χ2v) is 5.67. The van der Waals surface area contributed by atoms with Gasteiger partial charge in [-0.1, -0.05) is 18.2 Å². The zero-order valence-corrected chi connectivity index (χ0v) is 11.7. The zero-order chi connectivity index (χ0) is 12.9. The predicted molar refractivity (Wildman–Crippen MR) is 76.9 cm³/mol. The van der Waals surface area contributed by atoms with Crippen LogP contribution in [0.15, 0.2) is 18.2 Å². The van der Waals surface area contributed by atoms with Gasteiger partial charge in [-0.05, 0) is 62.1 Å². The van der Waals surface area contributed by atoms with Crippen molar-refractivity contribution < 1.29 is 4.74 Å². The molecular formula is C16H24N2O. The molecule has 1 aromatic rings. The second kappa shape index (κ2) is 6.51. The fourth-order valence-corrected chi connectivity index (χ4v) is 3.00. The third-order valence-corrected chi connectivity index (χ3v) is 4.14. The van der Waals surface area contributed by atoms with E-state index in [9.17, 15) is 0 Å². The molecule has 0 aliphatic carbocycles. The Labute approximate surface area is 115 Å². The molecule has 3 nitrogen and oxygen atoms in total. The number of nitrogens with zero attached hydrogens (tertiary/aromatic N) is 1. The van der Waals surface area contributed by atoms with Gasteiger partial charge >= 0.3 is 0 Å². The Hall–Kier alpha value is -0.900. The van der Waals surface area contributed by atoms with E-state index in [-0.39, 0.29) is 0 Å². The van der Waals surface area contributed by atoms with E-state index in [4.69, 9.17) is 4.74 Å². The Morgan fingerprint density at radius 2 is 1.95 bits per heavy atom. The van der Waals surface area contributed by atoms with Gasteiger partial charge in [-0.2, -0.15) is 0 Å². The van der Waals surface area contributed by atoms with Gasteiger partial charge in [0.2, 0.25) is 0 Å². The number of rotatable bonds is 6. The smallest absolute Gasteiger partial charge is 0.0725 e. The van der Waals surface area contributed by atoms with Crippen LogP contribution in [-0.2, 0) is 24.5 Å². The molecule has 0 aromatic heterocycles. The summed E-state index contributed by atoms with van der Waals surface area (Å²) in [5.74, 6) is 0. The lowest BCUT2D eigenvalue weighted by atomic mass is 10.1. The molecule has 2 aliphatic heterocycles. The van der Waals surface area contributed by atoms with Crippen LogP contribution < -0.4 is 5.32 Å². The lowest BCUT2D eigenvalue weighted by molar-refractivity contribution is 0.134. The van der Waals surface area contributed by atoms with Crippen LogP contribution in [0, 0.1) is 0 Å². The van der Waals surface area contributed by atoms with E-state index in [2.05, 4.69) is 28.4 Å². The van der Waals surface area contributed by atoms with E-state index in [1.807, 2.05) is 0 Å². The van der Waals surface area contributed by atoms with Crippen LogP contribution in [0.5, 0.6) is 0 Å². The molecule has 0 atom stereocenters. The van der Waals surface area contributed by atoms with Crippen molar-refractivity contribution in [1.82, 2.24) is 10.2 Å². The Bertz CT molecular complexity index is 413. The van der Waals surface area contributed by atoms with Gasteiger partial charge in [-0.15, -0.1) is 0 Å². The average Bonchev–Trinajstić information content (AvgIpc) is 3.08. The van der Waals surface area contributed by atoms with E-state index in [1.54, 1.807) is 0 Å². The highest BCUT2D eigenvalue weighted by molar-refractivity contribution is 5.33. The number of fused-ring (bicyclic) bond motifs is 1. The van der Waals surface area contributed by atoms with E-state index >= 15 is 0 Å². The first kappa shape index (κ1) is 13.1. The minimum Gasteiger partial charge on any atom is -0.372 e. The van der Waals surface area contributed by atoms with Crippen LogP contribution in [0.4, 0.5) is 0 Å². The van der Waals surface area contributed by atoms with Crippen molar-refractivity contribution >= 4 is 0 Å². The zero-order valence-electron chi connectivity index (χ0n) is 11.7. The molecule has 0 bridgehead atoms. The second-order valence-electron chi connectivity index (χ2n) is 5.67. The summed E-state index contributed by atoms with van der Waals surface area (Å²) in [5.41, 5.74) is 4.11. The first-order valence-corrected chi connectivity index (χ1v) is 7.53. The summed E-state index contributed by atoms with van der Waals surface area (Å²) in [7, 11) is 0. The lowest BCUT2D eigenvalue weighted by Crippen LogP contribution is -2.24. The van der Waals surface area contributed by atoms with Crippen LogP contribution in [0.2, 0.25) is 0 Å². The molecule has 0 amide bonds. The van der Waals surface area contributed by atoms with Crippen molar-refractivity contribution in [1.29, 1.82) is 0 Å². The molecule has 3 rings (SSSR count). The molecular weight excluding hydrogens is 236 g/mol. The molecule has 1 saturated heterocycles. The lowest BCUT2D eigenvalue weighted by Gasteiger charge is -2.14. The molecule has 3 heteroatoms. The summed E-state index contributed by atoms with van der Waals surface area (Å²) in [4.78, 5) is 2.58. The first-order chi connectivity index (χ1) is 9.42. The minimum absolute atomic E-state index is 0.790. The van der Waals surface area contributed by atoms with E-state index in [0.29, 0.717) is 0 Å². The Kier molecular flexibility index (Phi) is 4.49. The monoisotopic (exact) mass is 260 g/mol. The maximum absolute atomic E-state index is 5.44. The minimum atomic E-state index is 0.790. The molecule has 1 fully saturated rings. The average molecular weight is 260 g/mol. The van der Waals surface area contributed by atoms with Crippen molar-refractivity contribution in [3.05, 3.63) is 34.9 Å². The fourth-order valence-electron chi connectivity index (χ4n) is 3.00. The van der Waals surface area contributed by atoms with Gasteiger partial charge in [0.25, 0.3) is 0 Å². The van der Waals surface area contributed by atoms with Crippen molar-refractivity contribution in [3.63, 3.8) is 0 Å². The highest BCUT2D eigenvalue weighted by atomic mass is 16.5. The summed E-state index contributed by atoms with van der Waals surface area (Å²) in [5, 5.41) is 3.55. The Morgan fingerprint density at radius 3 is 2.84 bits per heavy atom. The third kappa shape index (κ3) is 3.56. The van der Waals surface area contributed by atoms with Gasteiger partial charge in [-0.3, -0.25) is 0 Å². The number of benzene rings is 1. The van der Waals surface area contributed by atoms with Crippen LogP contribution in [-0.4, -0.2) is 31.1 Å². The molecule has 1 aromatic carbocycles. The molecule has 19 heavy (non-hydrogen) atoms. The summed E-state index contributed by atoms with van der Waals surface area (Å²) < 4.78 is 5.44. The standard InChI is InChI=1S/C16H24N2O/c1-2-8-18(7-1)9-3-6-17-11-14-4-5-15-12-19-13-16(15)10-14/h4-5,10,17H,1-3,6-9,11-13H2. The summed E-state index contributed by atoms with van der Waals surface area (Å²) >= 11 is 0. The van der Waals surface area contributed by atoms with Crippen molar-refractivity contribution in [2.24, 2.45) is 0 Å². The quantitative estimate of drug-likeness (QED) is 0.794.